The van der Waals surface area contributed by atoms with Crippen molar-refractivity contribution in [3.63, 3.8) is 0 Å². The van der Waals surface area contributed by atoms with Gasteiger partial charge in [-0.1, -0.05) is 11.6 Å². The number of anilines is 1. The molecule has 1 saturated carbocycles. The number of imidazole rings is 1. The van der Waals surface area contributed by atoms with E-state index in [9.17, 15) is 0 Å². The fourth-order valence-electron chi connectivity index (χ4n) is 4.55. The molecule has 0 amide bonds. The molecule has 0 N–H and O–H groups in total. The first-order valence-electron chi connectivity index (χ1n) is 9.04. The second-order valence-electron chi connectivity index (χ2n) is 7.35. The summed E-state index contributed by atoms with van der Waals surface area (Å²) in [6.45, 7) is 5.63. The summed E-state index contributed by atoms with van der Waals surface area (Å²) in [7, 11) is 0. The van der Waals surface area contributed by atoms with Gasteiger partial charge >= 0.3 is 0 Å². The third-order valence-corrected chi connectivity index (χ3v) is 5.83. The molecule has 3 aromatic rings. The highest BCUT2D eigenvalue weighted by Gasteiger charge is 2.54. The van der Waals surface area contributed by atoms with Gasteiger partial charge in [0.1, 0.15) is 11.6 Å². The van der Waals surface area contributed by atoms with Gasteiger partial charge in [-0.2, -0.15) is 4.98 Å². The first-order chi connectivity index (χ1) is 12.7. The monoisotopic (exact) mass is 351 g/mol. The molecule has 8 nitrogen and oxygen atoms in total. The summed E-state index contributed by atoms with van der Waals surface area (Å²) in [5.74, 6) is 4.58. The first-order valence-corrected chi connectivity index (χ1v) is 9.04. The van der Waals surface area contributed by atoms with Crippen LogP contribution in [0.5, 0.6) is 0 Å². The van der Waals surface area contributed by atoms with E-state index in [0.29, 0.717) is 11.7 Å². The van der Waals surface area contributed by atoms with Gasteiger partial charge in [-0.3, -0.25) is 9.55 Å². The lowest BCUT2D eigenvalue weighted by atomic mass is 9.80. The lowest BCUT2D eigenvalue weighted by Gasteiger charge is -2.24. The SMILES string of the molecule is Cc1noc([C@]23CCC[C@H]2CN(c2cncc(-n4ccnc4C)n2)C3)n1. The molecule has 5 rings (SSSR count). The zero-order valence-electron chi connectivity index (χ0n) is 15.0. The quantitative estimate of drug-likeness (QED) is 0.715. The number of rotatable bonds is 3. The molecule has 2 fully saturated rings. The molecule has 134 valence electrons. The molecule has 0 bridgehead atoms. The molecule has 0 aromatic carbocycles. The Balaban J connectivity index is 1.48. The fourth-order valence-corrected chi connectivity index (χ4v) is 4.55. The summed E-state index contributed by atoms with van der Waals surface area (Å²) >= 11 is 0. The van der Waals surface area contributed by atoms with E-state index in [0.717, 1.165) is 42.9 Å². The van der Waals surface area contributed by atoms with E-state index >= 15 is 0 Å². The Morgan fingerprint density at radius 3 is 2.85 bits per heavy atom. The largest absolute Gasteiger partial charge is 0.354 e. The molecule has 0 radical (unpaired) electrons. The van der Waals surface area contributed by atoms with Crippen molar-refractivity contribution in [3.05, 3.63) is 42.3 Å². The minimum Gasteiger partial charge on any atom is -0.354 e. The predicted molar refractivity (Wildman–Crippen MR) is 94.2 cm³/mol. The number of aromatic nitrogens is 6. The molecule has 8 heteroatoms. The van der Waals surface area contributed by atoms with Gasteiger partial charge in [0.15, 0.2) is 11.6 Å². The average Bonchev–Trinajstić information content (AvgIpc) is 3.38. The second-order valence-corrected chi connectivity index (χ2v) is 7.35. The maximum Gasteiger partial charge on any atom is 0.234 e. The number of hydrogen-bond acceptors (Lipinski definition) is 7. The minimum atomic E-state index is -0.0517. The van der Waals surface area contributed by atoms with Crippen molar-refractivity contribution in [2.24, 2.45) is 5.92 Å². The van der Waals surface area contributed by atoms with Crippen LogP contribution in [0.15, 0.2) is 29.3 Å². The van der Waals surface area contributed by atoms with Gasteiger partial charge in [-0.15, -0.1) is 0 Å². The molecule has 3 aromatic heterocycles. The molecule has 1 aliphatic heterocycles. The summed E-state index contributed by atoms with van der Waals surface area (Å²) in [4.78, 5) is 20.4. The van der Waals surface area contributed by atoms with E-state index in [4.69, 9.17) is 9.51 Å². The van der Waals surface area contributed by atoms with Crippen molar-refractivity contribution in [2.75, 3.05) is 18.0 Å². The number of aryl methyl sites for hydroxylation is 2. The number of fused-ring (bicyclic) bond motifs is 1. The van der Waals surface area contributed by atoms with E-state index in [1.807, 2.05) is 30.8 Å². The lowest BCUT2D eigenvalue weighted by molar-refractivity contribution is 0.265. The Bertz CT molecular complexity index is 948. The summed E-state index contributed by atoms with van der Waals surface area (Å²) in [5.41, 5.74) is -0.0517. The molecular weight excluding hydrogens is 330 g/mol. The van der Waals surface area contributed by atoms with Gasteiger partial charge in [0.25, 0.3) is 0 Å². The maximum atomic E-state index is 5.60. The normalized spacial score (nSPS) is 25.0. The Kier molecular flexibility index (Phi) is 3.35. The van der Waals surface area contributed by atoms with Gasteiger partial charge in [-0.25, -0.2) is 9.97 Å². The van der Waals surface area contributed by atoms with Crippen LogP contribution >= 0.6 is 0 Å². The van der Waals surface area contributed by atoms with Crippen LogP contribution in [0, 0.1) is 19.8 Å². The van der Waals surface area contributed by atoms with E-state index in [-0.39, 0.29) is 5.41 Å². The van der Waals surface area contributed by atoms with Gasteiger partial charge < -0.3 is 9.42 Å². The Hall–Kier alpha value is -2.77. The van der Waals surface area contributed by atoms with Crippen LogP contribution in [-0.4, -0.2) is 42.7 Å². The zero-order valence-corrected chi connectivity index (χ0v) is 15.0. The third kappa shape index (κ3) is 2.24. The number of hydrogen-bond donors (Lipinski definition) is 0. The van der Waals surface area contributed by atoms with Crippen molar-refractivity contribution < 1.29 is 4.52 Å². The summed E-state index contributed by atoms with van der Waals surface area (Å²) in [6.07, 6.45) is 10.8. The van der Waals surface area contributed by atoms with Crippen LogP contribution < -0.4 is 4.90 Å². The molecule has 2 atom stereocenters. The van der Waals surface area contributed by atoms with Crippen molar-refractivity contribution >= 4 is 5.82 Å². The van der Waals surface area contributed by atoms with Crippen molar-refractivity contribution in [1.29, 1.82) is 0 Å². The van der Waals surface area contributed by atoms with Crippen molar-refractivity contribution in [2.45, 2.75) is 38.5 Å². The van der Waals surface area contributed by atoms with Crippen molar-refractivity contribution in [3.8, 4) is 5.82 Å². The standard InChI is InChI=1S/C18H21N7O/c1-12-21-17(26-23-12)18-5-3-4-14(18)10-24(11-18)15-8-19-9-16(22-15)25-7-6-20-13(25)2/h6-9,14H,3-5,10-11H2,1-2H3/t14-,18-/m0/s1. The number of nitrogens with zero attached hydrogens (tertiary/aromatic N) is 7. The van der Waals surface area contributed by atoms with Crippen LogP contribution in [-0.2, 0) is 5.41 Å². The topological polar surface area (TPSA) is 85.8 Å². The highest BCUT2D eigenvalue weighted by molar-refractivity contribution is 5.44. The van der Waals surface area contributed by atoms with E-state index < -0.39 is 0 Å². The van der Waals surface area contributed by atoms with Crippen molar-refractivity contribution in [1.82, 2.24) is 29.7 Å². The van der Waals surface area contributed by atoms with E-state index in [1.165, 1.54) is 12.8 Å². The van der Waals surface area contributed by atoms with Crippen LogP contribution in [0.4, 0.5) is 5.82 Å². The summed E-state index contributed by atoms with van der Waals surface area (Å²) < 4.78 is 7.55. The Labute approximate surface area is 151 Å². The molecule has 1 saturated heterocycles. The predicted octanol–water partition coefficient (Wildman–Crippen LogP) is 2.22. The molecule has 0 spiro atoms. The molecule has 0 unspecified atom stereocenters. The van der Waals surface area contributed by atoms with Crippen LogP contribution in [0.2, 0.25) is 0 Å². The maximum absolute atomic E-state index is 5.60. The van der Waals surface area contributed by atoms with E-state index in [2.05, 4.69) is 25.0 Å². The van der Waals surface area contributed by atoms with Crippen LogP contribution in [0.3, 0.4) is 0 Å². The van der Waals surface area contributed by atoms with Gasteiger partial charge in [0, 0.05) is 25.5 Å². The first kappa shape index (κ1) is 15.5. The molecular formula is C18H21N7O. The minimum absolute atomic E-state index is 0.0517. The molecule has 2 aliphatic rings. The Morgan fingerprint density at radius 1 is 1.19 bits per heavy atom. The third-order valence-electron chi connectivity index (χ3n) is 5.83. The smallest absolute Gasteiger partial charge is 0.234 e. The Morgan fingerprint density at radius 2 is 2.08 bits per heavy atom. The summed E-state index contributed by atoms with van der Waals surface area (Å²) in [5, 5.41) is 4.03. The van der Waals surface area contributed by atoms with Gasteiger partial charge in [0.05, 0.1) is 17.8 Å². The van der Waals surface area contributed by atoms with Gasteiger partial charge in [-0.05, 0) is 32.6 Å². The van der Waals surface area contributed by atoms with Gasteiger partial charge in [0.2, 0.25) is 5.89 Å². The molecule has 26 heavy (non-hydrogen) atoms. The van der Waals surface area contributed by atoms with Crippen LogP contribution in [0.25, 0.3) is 5.82 Å². The molecule has 1 aliphatic carbocycles. The van der Waals surface area contributed by atoms with E-state index in [1.54, 1.807) is 12.4 Å². The second kappa shape index (κ2) is 5.62. The van der Waals surface area contributed by atoms with Crippen LogP contribution in [0.1, 0.15) is 36.8 Å². The molecule has 4 heterocycles. The highest BCUT2D eigenvalue weighted by Crippen LogP contribution is 2.50. The lowest BCUT2D eigenvalue weighted by Crippen LogP contribution is -2.32. The highest BCUT2D eigenvalue weighted by atomic mass is 16.5. The zero-order chi connectivity index (χ0) is 17.7. The summed E-state index contributed by atoms with van der Waals surface area (Å²) in [6, 6.07) is 0. The average molecular weight is 351 g/mol. The fraction of sp³-hybridized carbons (Fsp3) is 0.500.